The molecule has 1 unspecified atom stereocenters. The van der Waals surface area contributed by atoms with Crippen molar-refractivity contribution in [2.75, 3.05) is 6.67 Å². The molecule has 0 saturated heterocycles. The van der Waals surface area contributed by atoms with Crippen molar-refractivity contribution < 1.29 is 17.7 Å². The van der Waals surface area contributed by atoms with Crippen LogP contribution in [0, 0.1) is 11.6 Å². The minimum Gasteiger partial charge on any atom is -0.591 e. The van der Waals surface area contributed by atoms with E-state index in [4.69, 9.17) is 0 Å². The van der Waals surface area contributed by atoms with Crippen molar-refractivity contribution in [3.8, 4) is 0 Å². The van der Waals surface area contributed by atoms with Gasteiger partial charge in [0, 0.05) is 5.56 Å². The Bertz CT molecular complexity index is 457. The quantitative estimate of drug-likeness (QED) is 0.617. The largest absolute Gasteiger partial charge is 0.591 e. The van der Waals surface area contributed by atoms with Crippen molar-refractivity contribution in [1.29, 1.82) is 0 Å². The summed E-state index contributed by atoms with van der Waals surface area (Å²) in [7, 11) is 0. The van der Waals surface area contributed by atoms with E-state index in [1.807, 2.05) is 0 Å². The summed E-state index contributed by atoms with van der Waals surface area (Å²) in [5, 5.41) is 0. The highest BCUT2D eigenvalue weighted by atomic mass is 32.2. The van der Waals surface area contributed by atoms with Crippen LogP contribution in [-0.2, 0) is 11.4 Å². The molecule has 0 saturated carbocycles. The van der Waals surface area contributed by atoms with Crippen molar-refractivity contribution in [1.82, 2.24) is 0 Å². The fourth-order valence-corrected chi connectivity index (χ4v) is 1.73. The summed E-state index contributed by atoms with van der Waals surface area (Å²) in [5.41, 5.74) is -0.643. The number of alkyl halides is 1. The first-order chi connectivity index (χ1) is 8.27. The van der Waals surface area contributed by atoms with Gasteiger partial charge in [-0.25, -0.2) is 13.2 Å². The standard InChI is InChI=1S/C12H14F3NOS/c1-12(2,3)18(17)16-10(7-13)8-5-4-6-9(14)11(8)15/h4-6H,7H2,1-3H3/b16-10-. The lowest BCUT2D eigenvalue weighted by molar-refractivity contribution is 0.505. The van der Waals surface area contributed by atoms with Crippen molar-refractivity contribution in [2.24, 2.45) is 4.40 Å². The minimum atomic E-state index is -1.72. The molecule has 0 heterocycles. The van der Waals surface area contributed by atoms with E-state index in [-0.39, 0.29) is 11.3 Å². The first-order valence-corrected chi connectivity index (χ1v) is 6.38. The van der Waals surface area contributed by atoms with E-state index in [0.29, 0.717) is 0 Å². The molecule has 0 aliphatic carbocycles. The fourth-order valence-electron chi connectivity index (χ4n) is 1.11. The summed E-state index contributed by atoms with van der Waals surface area (Å²) in [5.74, 6) is -2.27. The monoisotopic (exact) mass is 277 g/mol. The summed E-state index contributed by atoms with van der Waals surface area (Å²) < 4.78 is 54.0. The molecule has 0 N–H and O–H groups in total. The lowest BCUT2D eigenvalue weighted by Crippen LogP contribution is -2.27. The van der Waals surface area contributed by atoms with Crippen LogP contribution in [0.3, 0.4) is 0 Å². The highest BCUT2D eigenvalue weighted by Gasteiger charge is 2.28. The van der Waals surface area contributed by atoms with E-state index in [9.17, 15) is 17.7 Å². The Morgan fingerprint density at radius 2 is 1.94 bits per heavy atom. The summed E-state index contributed by atoms with van der Waals surface area (Å²) in [6.45, 7) is 3.86. The van der Waals surface area contributed by atoms with E-state index < -0.39 is 34.4 Å². The van der Waals surface area contributed by atoms with Gasteiger partial charge in [0.25, 0.3) is 0 Å². The van der Waals surface area contributed by atoms with Gasteiger partial charge in [0.15, 0.2) is 11.6 Å². The van der Waals surface area contributed by atoms with Gasteiger partial charge >= 0.3 is 0 Å². The van der Waals surface area contributed by atoms with Crippen molar-refractivity contribution >= 4 is 17.1 Å². The summed E-state index contributed by atoms with van der Waals surface area (Å²) in [6.07, 6.45) is 0. The van der Waals surface area contributed by atoms with Gasteiger partial charge in [0.05, 0.1) is 0 Å². The average Bonchev–Trinajstić information content (AvgIpc) is 2.28. The zero-order valence-corrected chi connectivity index (χ0v) is 11.2. The Morgan fingerprint density at radius 1 is 1.33 bits per heavy atom. The van der Waals surface area contributed by atoms with E-state index in [1.54, 1.807) is 20.8 Å². The van der Waals surface area contributed by atoms with Crippen LogP contribution in [0.15, 0.2) is 22.6 Å². The molecule has 100 valence electrons. The summed E-state index contributed by atoms with van der Waals surface area (Å²) >= 11 is -1.72. The minimum absolute atomic E-state index is 0.296. The molecule has 0 spiro atoms. The van der Waals surface area contributed by atoms with Crippen LogP contribution in [0.5, 0.6) is 0 Å². The third kappa shape index (κ3) is 3.49. The Kier molecular flexibility index (Phi) is 4.81. The van der Waals surface area contributed by atoms with Crippen molar-refractivity contribution in [2.45, 2.75) is 25.5 Å². The van der Waals surface area contributed by atoms with Gasteiger partial charge in [0.1, 0.15) is 28.5 Å². The van der Waals surface area contributed by atoms with E-state index >= 15 is 0 Å². The molecule has 0 amide bonds. The molecular formula is C12H14F3NOS. The fraction of sp³-hybridized carbons (Fsp3) is 0.417. The van der Waals surface area contributed by atoms with E-state index in [1.165, 1.54) is 12.1 Å². The maximum Gasteiger partial charge on any atom is 0.168 e. The van der Waals surface area contributed by atoms with Crippen LogP contribution < -0.4 is 0 Å². The number of hydrogen-bond donors (Lipinski definition) is 0. The number of nitrogens with zero attached hydrogens (tertiary/aromatic N) is 1. The Labute approximate surface area is 107 Å². The smallest absolute Gasteiger partial charge is 0.168 e. The topological polar surface area (TPSA) is 35.4 Å². The molecule has 1 atom stereocenters. The first-order valence-electron chi connectivity index (χ1n) is 5.27. The van der Waals surface area contributed by atoms with Gasteiger partial charge in [-0.15, -0.1) is 0 Å². The molecule has 1 rings (SSSR count). The summed E-state index contributed by atoms with van der Waals surface area (Å²) in [6, 6.07) is 3.38. The van der Waals surface area contributed by atoms with Gasteiger partial charge in [0.2, 0.25) is 0 Å². The number of hydrogen-bond acceptors (Lipinski definition) is 2. The zero-order valence-electron chi connectivity index (χ0n) is 10.3. The van der Waals surface area contributed by atoms with E-state index in [2.05, 4.69) is 4.40 Å². The number of rotatable bonds is 3. The van der Waals surface area contributed by atoms with Crippen molar-refractivity contribution in [3.63, 3.8) is 0 Å². The molecule has 0 aromatic heterocycles. The molecular weight excluding hydrogens is 263 g/mol. The van der Waals surface area contributed by atoms with Crippen LogP contribution in [-0.4, -0.2) is 21.7 Å². The van der Waals surface area contributed by atoms with Crippen LogP contribution >= 0.6 is 0 Å². The molecule has 18 heavy (non-hydrogen) atoms. The molecule has 0 radical (unpaired) electrons. The van der Waals surface area contributed by atoms with Gasteiger partial charge < -0.3 is 4.55 Å². The van der Waals surface area contributed by atoms with Crippen LogP contribution in [0.1, 0.15) is 26.3 Å². The zero-order chi connectivity index (χ0) is 13.9. The first kappa shape index (κ1) is 15.0. The molecule has 1 aromatic rings. The van der Waals surface area contributed by atoms with Gasteiger partial charge in [-0.1, -0.05) is 10.5 Å². The second-order valence-electron chi connectivity index (χ2n) is 4.63. The second kappa shape index (κ2) is 5.75. The van der Waals surface area contributed by atoms with Crippen LogP contribution in [0.4, 0.5) is 13.2 Å². The third-order valence-corrected chi connectivity index (χ3v) is 3.54. The molecule has 1 aromatic carbocycles. The second-order valence-corrected chi connectivity index (χ2v) is 6.54. The Morgan fingerprint density at radius 3 is 2.44 bits per heavy atom. The highest BCUT2D eigenvalue weighted by Crippen LogP contribution is 2.20. The number of halogens is 3. The third-order valence-electron chi connectivity index (χ3n) is 2.11. The molecule has 2 nitrogen and oxygen atoms in total. The van der Waals surface area contributed by atoms with Crippen molar-refractivity contribution in [3.05, 3.63) is 35.4 Å². The lowest BCUT2D eigenvalue weighted by atomic mass is 10.1. The average molecular weight is 277 g/mol. The van der Waals surface area contributed by atoms with E-state index in [0.717, 1.165) is 6.07 Å². The predicted octanol–water partition coefficient (Wildman–Crippen LogP) is 3.19. The lowest BCUT2D eigenvalue weighted by Gasteiger charge is -2.19. The molecule has 0 fully saturated rings. The SMILES string of the molecule is CC(C)(C)[S+]([O-])/N=C(/CF)c1cccc(F)c1F. The predicted molar refractivity (Wildman–Crippen MR) is 66.8 cm³/mol. The molecule has 0 bridgehead atoms. The molecule has 0 aliphatic rings. The van der Waals surface area contributed by atoms with Crippen LogP contribution in [0.25, 0.3) is 0 Å². The Balaban J connectivity index is 3.18. The highest BCUT2D eigenvalue weighted by molar-refractivity contribution is 7.91. The van der Waals surface area contributed by atoms with Gasteiger partial charge in [-0.3, -0.25) is 0 Å². The summed E-state index contributed by atoms with van der Waals surface area (Å²) in [4.78, 5) is 0. The van der Waals surface area contributed by atoms with Gasteiger partial charge in [-0.05, 0) is 32.9 Å². The van der Waals surface area contributed by atoms with Gasteiger partial charge in [-0.2, -0.15) is 0 Å². The number of benzene rings is 1. The Hall–Kier alpha value is -1.01. The maximum atomic E-state index is 13.5. The maximum absolute atomic E-state index is 13.5. The van der Waals surface area contributed by atoms with Crippen LogP contribution in [0.2, 0.25) is 0 Å². The normalized spacial score (nSPS) is 14.7. The molecule has 6 heteroatoms. The molecule has 0 aliphatic heterocycles.